The third-order valence-corrected chi connectivity index (χ3v) is 2.27. The molecule has 0 radical (unpaired) electrons. The third-order valence-electron chi connectivity index (χ3n) is 2.27. The number of nitrogen functional groups attached to an aromatic ring is 1. The summed E-state index contributed by atoms with van der Waals surface area (Å²) in [4.78, 5) is 11.6. The molecule has 1 rings (SSSR count). The van der Waals surface area contributed by atoms with Gasteiger partial charge in [0.15, 0.2) is 0 Å². The van der Waals surface area contributed by atoms with Gasteiger partial charge >= 0.3 is 0 Å². The van der Waals surface area contributed by atoms with Gasteiger partial charge in [0.25, 0.3) is 5.91 Å². The van der Waals surface area contributed by atoms with Crippen LogP contribution in [0.15, 0.2) is 4.63 Å². The van der Waals surface area contributed by atoms with E-state index in [1.54, 1.807) is 6.92 Å². The molecular formula is C8H14N4O3. The first kappa shape index (κ1) is 11.4. The fourth-order valence-corrected chi connectivity index (χ4v) is 0.926. The van der Waals surface area contributed by atoms with Gasteiger partial charge in [0.1, 0.15) is 0 Å². The normalized spacial score (nSPS) is 14.6. The van der Waals surface area contributed by atoms with Gasteiger partial charge in [0.2, 0.25) is 11.5 Å². The number of aliphatic hydroxyl groups excluding tert-OH is 1. The highest BCUT2D eigenvalue weighted by Crippen LogP contribution is 2.11. The largest absolute Gasteiger partial charge is 0.394 e. The molecule has 0 fully saturated rings. The van der Waals surface area contributed by atoms with E-state index in [0.717, 1.165) is 0 Å². The van der Waals surface area contributed by atoms with Crippen LogP contribution >= 0.6 is 0 Å². The Morgan fingerprint density at radius 1 is 1.67 bits per heavy atom. The number of nitrogens with one attached hydrogen (secondary N) is 1. The monoisotopic (exact) mass is 214 g/mol. The summed E-state index contributed by atoms with van der Waals surface area (Å²) >= 11 is 0. The molecule has 1 heterocycles. The third kappa shape index (κ3) is 2.44. The van der Waals surface area contributed by atoms with E-state index in [1.165, 1.54) is 0 Å². The Balaban J connectivity index is 2.76. The van der Waals surface area contributed by atoms with Crippen LogP contribution in [-0.2, 0) is 0 Å². The summed E-state index contributed by atoms with van der Waals surface area (Å²) in [5, 5.41) is 18.4. The first-order valence-electron chi connectivity index (χ1n) is 4.54. The lowest BCUT2D eigenvalue weighted by molar-refractivity contribution is 0.0838. The van der Waals surface area contributed by atoms with Crippen LogP contribution < -0.4 is 11.1 Å². The maximum absolute atomic E-state index is 11.6. The van der Waals surface area contributed by atoms with Crippen molar-refractivity contribution in [1.82, 2.24) is 15.6 Å². The number of anilines is 1. The van der Waals surface area contributed by atoms with Crippen molar-refractivity contribution in [2.75, 3.05) is 12.3 Å². The molecular weight excluding hydrogens is 200 g/mol. The van der Waals surface area contributed by atoms with Crippen molar-refractivity contribution in [3.63, 3.8) is 0 Å². The number of carbonyl (C=O) groups is 1. The van der Waals surface area contributed by atoms with E-state index in [0.29, 0.717) is 6.42 Å². The first-order valence-corrected chi connectivity index (χ1v) is 4.54. The predicted octanol–water partition coefficient (Wildman–Crippen LogP) is -0.457. The van der Waals surface area contributed by atoms with Crippen molar-refractivity contribution in [3.8, 4) is 0 Å². The Hall–Kier alpha value is -1.63. The number of nitrogens with zero attached hydrogens (tertiary/aromatic N) is 2. The Morgan fingerprint density at radius 2 is 2.33 bits per heavy atom. The molecule has 4 N–H and O–H groups in total. The van der Waals surface area contributed by atoms with Gasteiger partial charge in [-0.2, -0.15) is 0 Å². The van der Waals surface area contributed by atoms with Gasteiger partial charge in [-0.25, -0.2) is 4.63 Å². The van der Waals surface area contributed by atoms with Gasteiger partial charge in [-0.1, -0.05) is 6.92 Å². The number of aromatic nitrogens is 2. The van der Waals surface area contributed by atoms with Gasteiger partial charge in [-0.05, 0) is 23.7 Å². The highest BCUT2D eigenvalue weighted by atomic mass is 16.6. The smallest absolute Gasteiger partial charge is 0.277 e. The van der Waals surface area contributed by atoms with Gasteiger partial charge in [0, 0.05) is 0 Å². The van der Waals surface area contributed by atoms with Crippen LogP contribution in [0.3, 0.4) is 0 Å². The molecule has 1 unspecified atom stereocenters. The van der Waals surface area contributed by atoms with Crippen molar-refractivity contribution < 1.29 is 14.5 Å². The zero-order valence-electron chi connectivity index (χ0n) is 8.65. The van der Waals surface area contributed by atoms with Crippen LogP contribution in [0, 0.1) is 0 Å². The highest BCUT2D eigenvalue weighted by Gasteiger charge is 2.26. The SMILES string of the molecule is CCC(C)(CO)NC(=O)c1nonc1N. The summed E-state index contributed by atoms with van der Waals surface area (Å²) in [5.41, 5.74) is 4.59. The van der Waals surface area contributed by atoms with Gasteiger partial charge < -0.3 is 16.2 Å². The summed E-state index contributed by atoms with van der Waals surface area (Å²) in [6.07, 6.45) is 0.584. The summed E-state index contributed by atoms with van der Waals surface area (Å²) in [7, 11) is 0. The van der Waals surface area contributed by atoms with Crippen molar-refractivity contribution >= 4 is 11.7 Å². The molecule has 7 heteroatoms. The zero-order chi connectivity index (χ0) is 11.5. The summed E-state index contributed by atoms with van der Waals surface area (Å²) in [6, 6.07) is 0. The number of rotatable bonds is 4. The molecule has 15 heavy (non-hydrogen) atoms. The number of hydrogen-bond donors (Lipinski definition) is 3. The Kier molecular flexibility index (Phi) is 3.25. The fourth-order valence-electron chi connectivity index (χ4n) is 0.926. The Labute approximate surface area is 86.6 Å². The van der Waals surface area contributed by atoms with E-state index in [1.807, 2.05) is 6.92 Å². The van der Waals surface area contributed by atoms with Gasteiger partial charge in [-0.15, -0.1) is 0 Å². The summed E-state index contributed by atoms with van der Waals surface area (Å²) in [5.74, 6) is -0.573. The summed E-state index contributed by atoms with van der Waals surface area (Å²) < 4.78 is 4.30. The van der Waals surface area contributed by atoms with Crippen LogP contribution in [0.1, 0.15) is 30.8 Å². The number of nitrogens with two attached hydrogens (primary N) is 1. The minimum atomic E-state index is -0.692. The molecule has 0 saturated heterocycles. The molecule has 0 aliphatic rings. The second kappa shape index (κ2) is 4.26. The van der Waals surface area contributed by atoms with Crippen molar-refractivity contribution in [2.45, 2.75) is 25.8 Å². The molecule has 0 aliphatic carbocycles. The van der Waals surface area contributed by atoms with Crippen LogP contribution in [0.4, 0.5) is 5.82 Å². The molecule has 1 aromatic rings. The molecule has 7 nitrogen and oxygen atoms in total. The van der Waals surface area contributed by atoms with E-state index >= 15 is 0 Å². The zero-order valence-corrected chi connectivity index (χ0v) is 8.65. The number of carbonyl (C=O) groups excluding carboxylic acids is 1. The van der Waals surface area contributed by atoms with Crippen LogP contribution in [-0.4, -0.2) is 33.5 Å². The van der Waals surface area contributed by atoms with Crippen LogP contribution in [0.25, 0.3) is 0 Å². The van der Waals surface area contributed by atoms with Crippen molar-refractivity contribution in [3.05, 3.63) is 5.69 Å². The van der Waals surface area contributed by atoms with Gasteiger partial charge in [0.05, 0.1) is 12.1 Å². The van der Waals surface area contributed by atoms with Gasteiger partial charge in [-0.3, -0.25) is 4.79 Å². The molecule has 0 saturated carbocycles. The fraction of sp³-hybridized carbons (Fsp3) is 0.625. The maximum Gasteiger partial charge on any atom is 0.277 e. The standard InChI is InChI=1S/C8H14N4O3/c1-3-8(2,4-13)10-7(14)5-6(9)12-15-11-5/h13H,3-4H2,1-2H3,(H2,9,12)(H,10,14). The highest BCUT2D eigenvalue weighted by molar-refractivity contribution is 5.96. The lowest BCUT2D eigenvalue weighted by Crippen LogP contribution is -2.48. The molecule has 84 valence electrons. The second-order valence-electron chi connectivity index (χ2n) is 3.52. The van der Waals surface area contributed by atoms with Crippen molar-refractivity contribution in [1.29, 1.82) is 0 Å². The lowest BCUT2D eigenvalue weighted by atomic mass is 10.0. The molecule has 0 spiro atoms. The minimum absolute atomic E-state index is 0.0658. The average Bonchev–Trinajstić information content (AvgIpc) is 2.64. The molecule has 0 aliphatic heterocycles. The van der Waals surface area contributed by atoms with E-state index in [-0.39, 0.29) is 18.1 Å². The van der Waals surface area contributed by atoms with E-state index in [4.69, 9.17) is 10.8 Å². The topological polar surface area (TPSA) is 114 Å². The molecule has 0 bridgehead atoms. The van der Waals surface area contributed by atoms with E-state index in [9.17, 15) is 4.79 Å². The molecule has 0 aromatic carbocycles. The predicted molar refractivity (Wildman–Crippen MR) is 52.0 cm³/mol. The Morgan fingerprint density at radius 3 is 2.73 bits per heavy atom. The molecule has 1 atom stereocenters. The number of hydrogen-bond acceptors (Lipinski definition) is 6. The summed E-state index contributed by atoms with van der Waals surface area (Å²) in [6.45, 7) is 3.40. The van der Waals surface area contributed by atoms with E-state index < -0.39 is 11.4 Å². The second-order valence-corrected chi connectivity index (χ2v) is 3.52. The quantitative estimate of drug-likeness (QED) is 0.625. The average molecular weight is 214 g/mol. The van der Waals surface area contributed by atoms with E-state index in [2.05, 4.69) is 20.3 Å². The molecule has 1 amide bonds. The lowest BCUT2D eigenvalue weighted by Gasteiger charge is -2.26. The van der Waals surface area contributed by atoms with Crippen molar-refractivity contribution in [2.24, 2.45) is 0 Å². The number of amides is 1. The van der Waals surface area contributed by atoms with Crippen LogP contribution in [0.2, 0.25) is 0 Å². The Bertz CT molecular complexity index is 345. The maximum atomic E-state index is 11.6. The molecule has 1 aromatic heterocycles. The first-order chi connectivity index (χ1) is 7.02. The van der Waals surface area contributed by atoms with Crippen LogP contribution in [0.5, 0.6) is 0 Å². The minimum Gasteiger partial charge on any atom is -0.394 e. The number of aliphatic hydroxyl groups is 1.